The lowest BCUT2D eigenvalue weighted by molar-refractivity contribution is 0.101. The molecule has 156 valence electrons. The summed E-state index contributed by atoms with van der Waals surface area (Å²) in [5.74, 6) is 0.278. The summed E-state index contributed by atoms with van der Waals surface area (Å²) in [4.78, 5) is 17.6. The summed E-state index contributed by atoms with van der Waals surface area (Å²) in [5.41, 5.74) is 5.36. The Hall–Kier alpha value is -2.96. The van der Waals surface area contributed by atoms with Crippen LogP contribution < -0.4 is 5.32 Å². The van der Waals surface area contributed by atoms with E-state index in [9.17, 15) is 4.79 Å². The van der Waals surface area contributed by atoms with Crippen LogP contribution in [-0.2, 0) is 0 Å². The molecule has 0 saturated heterocycles. The Balaban J connectivity index is 1.81. The number of hydrogen-bond donors (Lipinski definition) is 1. The van der Waals surface area contributed by atoms with Crippen molar-refractivity contribution in [2.45, 2.75) is 20.8 Å². The number of halogens is 2. The maximum Gasteiger partial charge on any atom is 0.295 e. The predicted molar refractivity (Wildman–Crippen MR) is 128 cm³/mol. The lowest BCUT2D eigenvalue weighted by Crippen LogP contribution is -2.15. The Bertz CT molecular complexity index is 1280. The molecule has 4 rings (SSSR count). The number of carbonyl (C=O) groups excluding carboxylic acids is 1. The molecule has 0 aliphatic carbocycles. The van der Waals surface area contributed by atoms with E-state index >= 15 is 0 Å². The van der Waals surface area contributed by atoms with Gasteiger partial charge in [0.1, 0.15) is 0 Å². The number of aromatic nitrogens is 3. The molecule has 4 aromatic rings. The van der Waals surface area contributed by atoms with Crippen LogP contribution in [0.15, 0.2) is 65.1 Å². The summed E-state index contributed by atoms with van der Waals surface area (Å²) < 4.78 is 2.69. The van der Waals surface area contributed by atoms with Gasteiger partial charge >= 0.3 is 0 Å². The number of anilines is 1. The highest BCUT2D eigenvalue weighted by Gasteiger charge is 2.21. The lowest BCUT2D eigenvalue weighted by atomic mass is 10.1. The molecule has 0 saturated carbocycles. The maximum absolute atomic E-state index is 13.0. The summed E-state index contributed by atoms with van der Waals surface area (Å²) in [5, 5.41) is 8.04. The van der Waals surface area contributed by atoms with Crippen molar-refractivity contribution >= 4 is 39.1 Å². The van der Waals surface area contributed by atoms with Gasteiger partial charge in [0.05, 0.1) is 5.69 Å². The molecule has 1 heterocycles. The number of nitrogens with zero attached hydrogens (tertiary/aromatic N) is 3. The smallest absolute Gasteiger partial charge is 0.295 e. The van der Waals surface area contributed by atoms with Crippen molar-refractivity contribution in [2.75, 3.05) is 5.32 Å². The Labute approximate surface area is 194 Å². The van der Waals surface area contributed by atoms with Gasteiger partial charge in [-0.3, -0.25) is 4.79 Å². The number of benzene rings is 3. The highest BCUT2D eigenvalue weighted by molar-refractivity contribution is 9.10. The molecule has 0 unspecified atom stereocenters. The summed E-state index contributed by atoms with van der Waals surface area (Å²) in [6.07, 6.45) is 0. The van der Waals surface area contributed by atoms with Crippen LogP contribution in [-0.4, -0.2) is 20.7 Å². The van der Waals surface area contributed by atoms with Crippen LogP contribution in [0.25, 0.3) is 17.1 Å². The quantitative estimate of drug-likeness (QED) is 0.350. The van der Waals surface area contributed by atoms with Crippen molar-refractivity contribution in [1.82, 2.24) is 14.8 Å². The topological polar surface area (TPSA) is 59.8 Å². The van der Waals surface area contributed by atoms with Crippen molar-refractivity contribution < 1.29 is 4.79 Å². The molecule has 0 bridgehead atoms. The van der Waals surface area contributed by atoms with Gasteiger partial charge in [-0.1, -0.05) is 57.9 Å². The zero-order chi connectivity index (χ0) is 22.1. The number of hydrogen-bond acceptors (Lipinski definition) is 3. The highest BCUT2D eigenvalue weighted by Crippen LogP contribution is 2.27. The largest absolute Gasteiger partial charge is 0.319 e. The molecule has 3 aromatic carbocycles. The lowest BCUT2D eigenvalue weighted by Gasteiger charge is -2.11. The van der Waals surface area contributed by atoms with Gasteiger partial charge in [-0.05, 0) is 67.8 Å². The van der Waals surface area contributed by atoms with Crippen LogP contribution in [0.5, 0.6) is 0 Å². The average Bonchev–Trinajstić information content (AvgIpc) is 3.19. The third-order valence-electron chi connectivity index (χ3n) is 5.23. The van der Waals surface area contributed by atoms with Crippen LogP contribution in [0, 0.1) is 20.8 Å². The molecule has 5 nitrogen and oxygen atoms in total. The predicted octanol–water partition coefficient (Wildman–Crippen LogP) is 6.53. The first-order valence-corrected chi connectivity index (χ1v) is 10.9. The molecule has 0 atom stereocenters. The van der Waals surface area contributed by atoms with Gasteiger partial charge in [0.2, 0.25) is 5.82 Å². The minimum absolute atomic E-state index is 0.0817. The molecule has 0 fully saturated rings. The molecular weight excluding hydrogens is 476 g/mol. The first-order chi connectivity index (χ1) is 14.8. The molecule has 7 heteroatoms. The Morgan fingerprint density at radius 2 is 1.68 bits per heavy atom. The van der Waals surface area contributed by atoms with E-state index in [1.165, 1.54) is 0 Å². The van der Waals surface area contributed by atoms with E-state index in [4.69, 9.17) is 11.6 Å². The van der Waals surface area contributed by atoms with E-state index in [-0.39, 0.29) is 5.82 Å². The standard InChI is InChI=1S/C24H20BrClN4O/c1-14-6-4-9-21(15(14)2)30-23(17-10-12-18(25)13-11-17)28-22(29-30)24(31)27-20-8-5-7-19(26)16(20)3/h4-13H,1-3H3,(H,27,31). The van der Waals surface area contributed by atoms with Crippen molar-refractivity contribution in [3.05, 3.63) is 92.7 Å². The van der Waals surface area contributed by atoms with E-state index in [0.29, 0.717) is 16.5 Å². The fourth-order valence-corrected chi connectivity index (χ4v) is 3.69. The normalized spacial score (nSPS) is 10.9. The highest BCUT2D eigenvalue weighted by atomic mass is 79.9. The third-order valence-corrected chi connectivity index (χ3v) is 6.17. The van der Waals surface area contributed by atoms with E-state index in [0.717, 1.165) is 32.4 Å². The Morgan fingerprint density at radius 1 is 0.968 bits per heavy atom. The van der Waals surface area contributed by atoms with Gasteiger partial charge in [0.25, 0.3) is 5.91 Å². The maximum atomic E-state index is 13.0. The van der Waals surface area contributed by atoms with Gasteiger partial charge in [0, 0.05) is 20.7 Å². The number of rotatable bonds is 4. The molecule has 1 amide bonds. The van der Waals surface area contributed by atoms with E-state index < -0.39 is 5.91 Å². The van der Waals surface area contributed by atoms with Gasteiger partial charge < -0.3 is 5.32 Å². The second-order valence-electron chi connectivity index (χ2n) is 7.26. The summed E-state index contributed by atoms with van der Waals surface area (Å²) in [6.45, 7) is 5.94. The van der Waals surface area contributed by atoms with Crippen LogP contribution in [0.4, 0.5) is 5.69 Å². The summed E-state index contributed by atoms with van der Waals surface area (Å²) in [6, 6.07) is 19.1. The number of nitrogens with one attached hydrogen (secondary N) is 1. The third kappa shape index (κ3) is 4.27. The fourth-order valence-electron chi connectivity index (χ4n) is 3.25. The van der Waals surface area contributed by atoms with Gasteiger partial charge in [-0.2, -0.15) is 0 Å². The Kier molecular flexibility index (Phi) is 5.94. The van der Waals surface area contributed by atoms with Crippen molar-refractivity contribution in [3.63, 3.8) is 0 Å². The zero-order valence-electron chi connectivity index (χ0n) is 17.3. The summed E-state index contributed by atoms with van der Waals surface area (Å²) >= 11 is 9.65. The van der Waals surface area contributed by atoms with Crippen LogP contribution in [0.1, 0.15) is 27.3 Å². The Morgan fingerprint density at radius 3 is 2.42 bits per heavy atom. The van der Waals surface area contributed by atoms with Crippen molar-refractivity contribution in [2.24, 2.45) is 0 Å². The van der Waals surface area contributed by atoms with Crippen molar-refractivity contribution in [3.8, 4) is 17.1 Å². The van der Waals surface area contributed by atoms with Gasteiger partial charge in [-0.25, -0.2) is 9.67 Å². The van der Waals surface area contributed by atoms with Crippen molar-refractivity contribution in [1.29, 1.82) is 0 Å². The van der Waals surface area contributed by atoms with Crippen LogP contribution >= 0.6 is 27.5 Å². The molecule has 0 radical (unpaired) electrons. The van der Waals surface area contributed by atoms with Crippen LogP contribution in [0.2, 0.25) is 5.02 Å². The van der Waals surface area contributed by atoms with E-state index in [2.05, 4.69) is 31.3 Å². The second kappa shape index (κ2) is 8.65. The first kappa shape index (κ1) is 21.3. The van der Waals surface area contributed by atoms with Gasteiger partial charge in [0.15, 0.2) is 5.82 Å². The van der Waals surface area contributed by atoms with E-state index in [1.54, 1.807) is 22.9 Å². The molecule has 0 spiro atoms. The summed E-state index contributed by atoms with van der Waals surface area (Å²) in [7, 11) is 0. The van der Waals surface area contributed by atoms with Gasteiger partial charge in [-0.15, -0.1) is 5.10 Å². The average molecular weight is 496 g/mol. The number of carbonyl (C=O) groups is 1. The second-order valence-corrected chi connectivity index (χ2v) is 8.59. The first-order valence-electron chi connectivity index (χ1n) is 9.71. The number of aryl methyl sites for hydroxylation is 1. The van der Waals surface area contributed by atoms with Crippen LogP contribution in [0.3, 0.4) is 0 Å². The molecule has 1 N–H and O–H groups in total. The molecule has 31 heavy (non-hydrogen) atoms. The minimum atomic E-state index is -0.396. The minimum Gasteiger partial charge on any atom is -0.319 e. The fraction of sp³-hybridized carbons (Fsp3) is 0.125. The number of amides is 1. The molecule has 1 aromatic heterocycles. The zero-order valence-corrected chi connectivity index (χ0v) is 19.6. The molecular formula is C24H20BrClN4O. The van der Waals surface area contributed by atoms with E-state index in [1.807, 2.05) is 63.2 Å². The monoisotopic (exact) mass is 494 g/mol. The molecule has 0 aliphatic rings. The SMILES string of the molecule is Cc1cccc(-n2nc(C(=O)Nc3cccc(Cl)c3C)nc2-c2ccc(Br)cc2)c1C. The molecule has 0 aliphatic heterocycles.